The standard InChI is InChI=1S/C16H21N3O/c1-2-19-9-3-4-14(19)11-18-16(20)13-5-6-15-12(10-13)7-8-17-15/h5-8,10,14,17H,2-4,9,11H2,1H3,(H,18,20). The van der Waals surface area contributed by atoms with Gasteiger partial charge in [0.15, 0.2) is 0 Å². The third kappa shape index (κ3) is 2.56. The third-order valence-corrected chi connectivity index (χ3v) is 4.22. The van der Waals surface area contributed by atoms with Gasteiger partial charge in [-0.1, -0.05) is 6.92 Å². The zero-order valence-corrected chi connectivity index (χ0v) is 11.9. The van der Waals surface area contributed by atoms with Crippen molar-refractivity contribution >= 4 is 16.8 Å². The van der Waals surface area contributed by atoms with E-state index in [-0.39, 0.29) is 5.91 Å². The average Bonchev–Trinajstić information content (AvgIpc) is 3.12. The van der Waals surface area contributed by atoms with E-state index in [1.165, 1.54) is 12.8 Å². The number of aromatic amines is 1. The molecule has 1 amide bonds. The number of likely N-dealkylation sites (N-methyl/N-ethyl adjacent to an activating group) is 1. The number of carbonyl (C=O) groups is 1. The molecule has 106 valence electrons. The molecule has 4 nitrogen and oxygen atoms in total. The number of rotatable bonds is 4. The zero-order chi connectivity index (χ0) is 13.9. The molecule has 2 aromatic rings. The maximum atomic E-state index is 12.2. The Hall–Kier alpha value is -1.81. The molecule has 1 saturated heterocycles. The van der Waals surface area contributed by atoms with Crippen LogP contribution in [-0.4, -0.2) is 41.5 Å². The second kappa shape index (κ2) is 5.67. The molecule has 3 rings (SSSR count). The van der Waals surface area contributed by atoms with Crippen molar-refractivity contribution in [3.8, 4) is 0 Å². The summed E-state index contributed by atoms with van der Waals surface area (Å²) in [6.45, 7) is 5.15. The molecule has 0 saturated carbocycles. The summed E-state index contributed by atoms with van der Waals surface area (Å²) in [4.78, 5) is 17.8. The first-order valence-corrected chi connectivity index (χ1v) is 7.37. The van der Waals surface area contributed by atoms with E-state index in [1.807, 2.05) is 30.5 Å². The van der Waals surface area contributed by atoms with Crippen molar-refractivity contribution in [2.75, 3.05) is 19.6 Å². The van der Waals surface area contributed by atoms with Crippen LogP contribution in [0.25, 0.3) is 10.9 Å². The zero-order valence-electron chi connectivity index (χ0n) is 11.9. The van der Waals surface area contributed by atoms with E-state index in [2.05, 4.69) is 22.1 Å². The van der Waals surface area contributed by atoms with Crippen LogP contribution in [0.1, 0.15) is 30.1 Å². The molecule has 1 aliphatic heterocycles. The normalized spacial score (nSPS) is 19.6. The SMILES string of the molecule is CCN1CCCC1CNC(=O)c1ccc2[nH]ccc2c1. The molecule has 1 aliphatic rings. The van der Waals surface area contributed by atoms with Crippen LogP contribution in [0.5, 0.6) is 0 Å². The molecule has 20 heavy (non-hydrogen) atoms. The second-order valence-corrected chi connectivity index (χ2v) is 5.41. The molecule has 2 heterocycles. The number of hydrogen-bond donors (Lipinski definition) is 2. The number of hydrogen-bond acceptors (Lipinski definition) is 2. The van der Waals surface area contributed by atoms with Crippen LogP contribution in [0.2, 0.25) is 0 Å². The fraction of sp³-hybridized carbons (Fsp3) is 0.438. The Balaban J connectivity index is 1.63. The van der Waals surface area contributed by atoms with Crippen LogP contribution in [0, 0.1) is 0 Å². The maximum absolute atomic E-state index is 12.2. The lowest BCUT2D eigenvalue weighted by atomic mass is 10.1. The highest BCUT2D eigenvalue weighted by atomic mass is 16.1. The first-order valence-electron chi connectivity index (χ1n) is 7.37. The van der Waals surface area contributed by atoms with Crippen molar-refractivity contribution in [3.63, 3.8) is 0 Å². The second-order valence-electron chi connectivity index (χ2n) is 5.41. The Kier molecular flexibility index (Phi) is 3.74. The van der Waals surface area contributed by atoms with E-state index < -0.39 is 0 Å². The quantitative estimate of drug-likeness (QED) is 0.897. The Morgan fingerprint density at radius 3 is 3.20 bits per heavy atom. The Morgan fingerprint density at radius 1 is 1.45 bits per heavy atom. The van der Waals surface area contributed by atoms with Crippen LogP contribution in [0.3, 0.4) is 0 Å². The van der Waals surface area contributed by atoms with Gasteiger partial charge in [-0.15, -0.1) is 0 Å². The van der Waals surface area contributed by atoms with E-state index >= 15 is 0 Å². The van der Waals surface area contributed by atoms with Crippen molar-refractivity contribution in [1.29, 1.82) is 0 Å². The minimum absolute atomic E-state index is 0.0241. The molecule has 1 aromatic heterocycles. The fourth-order valence-electron chi connectivity index (χ4n) is 3.05. The molecule has 4 heteroatoms. The van der Waals surface area contributed by atoms with E-state index in [4.69, 9.17) is 0 Å². The van der Waals surface area contributed by atoms with Gasteiger partial charge in [0.1, 0.15) is 0 Å². The van der Waals surface area contributed by atoms with Crippen molar-refractivity contribution in [2.45, 2.75) is 25.8 Å². The molecule has 0 radical (unpaired) electrons. The topological polar surface area (TPSA) is 48.1 Å². The molecule has 1 atom stereocenters. The molecule has 0 spiro atoms. The summed E-state index contributed by atoms with van der Waals surface area (Å²) in [5.74, 6) is 0.0241. The monoisotopic (exact) mass is 271 g/mol. The van der Waals surface area contributed by atoms with Crippen molar-refractivity contribution in [3.05, 3.63) is 36.0 Å². The van der Waals surface area contributed by atoms with Crippen molar-refractivity contribution in [1.82, 2.24) is 15.2 Å². The van der Waals surface area contributed by atoms with Gasteiger partial charge in [0.2, 0.25) is 0 Å². The Morgan fingerprint density at radius 2 is 2.35 bits per heavy atom. The predicted octanol–water partition coefficient (Wildman–Crippen LogP) is 2.38. The Labute approximate surface area is 119 Å². The average molecular weight is 271 g/mol. The van der Waals surface area contributed by atoms with Crippen molar-refractivity contribution in [2.24, 2.45) is 0 Å². The summed E-state index contributed by atoms with van der Waals surface area (Å²) in [6.07, 6.45) is 4.32. The first-order chi connectivity index (χ1) is 9.78. The molecule has 0 aliphatic carbocycles. The molecular weight excluding hydrogens is 250 g/mol. The van der Waals surface area contributed by atoms with Crippen molar-refractivity contribution < 1.29 is 4.79 Å². The summed E-state index contributed by atoms with van der Waals surface area (Å²) >= 11 is 0. The Bertz CT molecular complexity index is 605. The maximum Gasteiger partial charge on any atom is 0.251 e. The number of fused-ring (bicyclic) bond motifs is 1. The lowest BCUT2D eigenvalue weighted by molar-refractivity contribution is 0.0941. The van der Waals surface area contributed by atoms with Gasteiger partial charge in [-0.3, -0.25) is 9.69 Å². The van der Waals surface area contributed by atoms with E-state index in [0.717, 1.165) is 36.1 Å². The number of likely N-dealkylation sites (tertiary alicyclic amines) is 1. The lowest BCUT2D eigenvalue weighted by Gasteiger charge is -2.22. The highest BCUT2D eigenvalue weighted by Gasteiger charge is 2.23. The summed E-state index contributed by atoms with van der Waals surface area (Å²) < 4.78 is 0. The van der Waals surface area contributed by atoms with Crippen LogP contribution in [-0.2, 0) is 0 Å². The van der Waals surface area contributed by atoms with Crippen LogP contribution >= 0.6 is 0 Å². The van der Waals surface area contributed by atoms with Crippen LogP contribution in [0.15, 0.2) is 30.5 Å². The van der Waals surface area contributed by atoms with Gasteiger partial charge in [-0.2, -0.15) is 0 Å². The molecule has 0 bridgehead atoms. The van der Waals surface area contributed by atoms with Gasteiger partial charge in [0.25, 0.3) is 5.91 Å². The molecule has 1 fully saturated rings. The summed E-state index contributed by atoms with van der Waals surface area (Å²) in [5.41, 5.74) is 1.80. The molecule has 2 N–H and O–H groups in total. The molecule has 1 unspecified atom stereocenters. The number of benzene rings is 1. The van der Waals surface area contributed by atoms with E-state index in [9.17, 15) is 4.79 Å². The van der Waals surface area contributed by atoms with E-state index in [1.54, 1.807) is 0 Å². The first kappa shape index (κ1) is 13.2. The third-order valence-electron chi connectivity index (χ3n) is 4.22. The summed E-state index contributed by atoms with van der Waals surface area (Å²) in [6, 6.07) is 8.26. The minimum Gasteiger partial charge on any atom is -0.361 e. The van der Waals surface area contributed by atoms with E-state index in [0.29, 0.717) is 6.04 Å². The number of nitrogens with zero attached hydrogens (tertiary/aromatic N) is 1. The number of aromatic nitrogens is 1. The highest BCUT2D eigenvalue weighted by molar-refractivity contribution is 5.98. The lowest BCUT2D eigenvalue weighted by Crippen LogP contribution is -2.40. The number of carbonyl (C=O) groups excluding carboxylic acids is 1. The highest BCUT2D eigenvalue weighted by Crippen LogP contribution is 2.17. The molecule has 1 aromatic carbocycles. The molecular formula is C16H21N3O. The summed E-state index contributed by atoms with van der Waals surface area (Å²) in [5, 5.41) is 4.15. The van der Waals surface area contributed by atoms with Gasteiger partial charge < -0.3 is 10.3 Å². The van der Waals surface area contributed by atoms with Gasteiger partial charge in [0.05, 0.1) is 0 Å². The largest absolute Gasteiger partial charge is 0.361 e. The van der Waals surface area contributed by atoms with Gasteiger partial charge in [-0.05, 0) is 50.2 Å². The fourth-order valence-corrected chi connectivity index (χ4v) is 3.05. The number of H-pyrrole nitrogens is 1. The van der Waals surface area contributed by atoms with Gasteiger partial charge in [-0.25, -0.2) is 0 Å². The van der Waals surface area contributed by atoms with Crippen LogP contribution < -0.4 is 5.32 Å². The number of amides is 1. The number of nitrogens with one attached hydrogen (secondary N) is 2. The van der Waals surface area contributed by atoms with Gasteiger partial charge in [0, 0.05) is 35.2 Å². The smallest absolute Gasteiger partial charge is 0.251 e. The predicted molar refractivity (Wildman–Crippen MR) is 80.9 cm³/mol. The van der Waals surface area contributed by atoms with Crippen LogP contribution in [0.4, 0.5) is 0 Å². The van der Waals surface area contributed by atoms with Gasteiger partial charge >= 0.3 is 0 Å². The minimum atomic E-state index is 0.0241. The summed E-state index contributed by atoms with van der Waals surface area (Å²) in [7, 11) is 0.